The maximum Gasteiger partial charge on any atom is 0.248 e. The molecule has 1 aromatic heterocycles. The van der Waals surface area contributed by atoms with Crippen LogP contribution in [0, 0.1) is 11.3 Å². The first kappa shape index (κ1) is 17.7. The summed E-state index contributed by atoms with van der Waals surface area (Å²) in [5.41, 5.74) is -0.551. The van der Waals surface area contributed by atoms with Crippen LogP contribution < -0.4 is 10.6 Å². The Morgan fingerprint density at radius 3 is 2.79 bits per heavy atom. The van der Waals surface area contributed by atoms with Crippen LogP contribution in [0.4, 0.5) is 0 Å². The average molecular weight is 355 g/mol. The molecular weight excluding hydrogens is 328 g/mol. The van der Waals surface area contributed by atoms with Crippen LogP contribution in [0.2, 0.25) is 0 Å². The second-order valence-electron chi connectivity index (χ2n) is 7.75. The molecule has 2 aliphatic heterocycles. The quantitative estimate of drug-likeness (QED) is 0.859. The number of carbonyl (C=O) groups excluding carboxylic acids is 1. The van der Waals surface area contributed by atoms with Gasteiger partial charge in [-0.1, -0.05) is 13.8 Å². The minimum absolute atomic E-state index is 0. The predicted molar refractivity (Wildman–Crippen MR) is 93.1 cm³/mol. The Morgan fingerprint density at radius 1 is 1.38 bits per heavy atom. The molecule has 0 radical (unpaired) electrons. The van der Waals surface area contributed by atoms with E-state index in [1.54, 1.807) is 6.20 Å². The molecule has 1 aromatic rings. The minimum Gasteiger partial charge on any atom is -0.377 e. The van der Waals surface area contributed by atoms with Crippen LogP contribution in [0.5, 0.6) is 0 Å². The van der Waals surface area contributed by atoms with E-state index in [0.29, 0.717) is 12.0 Å². The summed E-state index contributed by atoms with van der Waals surface area (Å²) in [4.78, 5) is 13.3. The molecule has 3 atom stereocenters. The van der Waals surface area contributed by atoms with E-state index in [1.807, 2.05) is 16.9 Å². The lowest BCUT2D eigenvalue weighted by molar-refractivity contribution is -0.146. The van der Waals surface area contributed by atoms with E-state index in [-0.39, 0.29) is 29.8 Å². The van der Waals surface area contributed by atoms with Gasteiger partial charge in [-0.3, -0.25) is 9.48 Å². The summed E-state index contributed by atoms with van der Waals surface area (Å²) in [5.74, 6) is 0.580. The molecule has 3 aliphatic rings. The summed E-state index contributed by atoms with van der Waals surface area (Å²) in [6.07, 6.45) is 6.57. The molecule has 1 aliphatic carbocycles. The predicted octanol–water partition coefficient (Wildman–Crippen LogP) is 1.31. The number of amides is 1. The lowest BCUT2D eigenvalue weighted by Crippen LogP contribution is -2.69. The summed E-state index contributed by atoms with van der Waals surface area (Å²) in [7, 11) is 0. The Morgan fingerprint density at radius 2 is 2.12 bits per heavy atom. The van der Waals surface area contributed by atoms with Gasteiger partial charge in [0.2, 0.25) is 5.91 Å². The highest BCUT2D eigenvalue weighted by Gasteiger charge is 2.60. The van der Waals surface area contributed by atoms with Crippen LogP contribution in [0.25, 0.3) is 0 Å². The van der Waals surface area contributed by atoms with Gasteiger partial charge in [0.25, 0.3) is 0 Å². The van der Waals surface area contributed by atoms with Crippen molar-refractivity contribution in [2.45, 2.75) is 50.8 Å². The molecule has 7 heteroatoms. The topological polar surface area (TPSA) is 68.2 Å². The number of ether oxygens (including phenoxy) is 1. The summed E-state index contributed by atoms with van der Waals surface area (Å²) in [5, 5.41) is 11.1. The van der Waals surface area contributed by atoms with Gasteiger partial charge in [0, 0.05) is 36.4 Å². The zero-order chi connectivity index (χ0) is 16.1. The molecule has 4 rings (SSSR count). The van der Waals surface area contributed by atoms with Gasteiger partial charge in [-0.25, -0.2) is 0 Å². The van der Waals surface area contributed by atoms with Crippen molar-refractivity contribution in [3.63, 3.8) is 0 Å². The lowest BCUT2D eigenvalue weighted by atomic mass is 9.57. The van der Waals surface area contributed by atoms with Gasteiger partial charge in [-0.15, -0.1) is 12.4 Å². The van der Waals surface area contributed by atoms with Crippen molar-refractivity contribution >= 4 is 18.3 Å². The van der Waals surface area contributed by atoms with Gasteiger partial charge in [0.1, 0.15) is 5.54 Å². The normalized spacial score (nSPS) is 33.0. The minimum atomic E-state index is -0.560. The molecule has 3 unspecified atom stereocenters. The zero-order valence-corrected chi connectivity index (χ0v) is 15.1. The van der Waals surface area contributed by atoms with Crippen LogP contribution >= 0.6 is 12.4 Å². The van der Waals surface area contributed by atoms with E-state index in [9.17, 15) is 4.79 Å². The van der Waals surface area contributed by atoms with Gasteiger partial charge in [-0.05, 0) is 38.4 Å². The summed E-state index contributed by atoms with van der Waals surface area (Å²) in [6, 6.07) is 2.09. The number of hydrogen-bond donors (Lipinski definition) is 2. The first-order chi connectivity index (χ1) is 11.1. The van der Waals surface area contributed by atoms with Crippen molar-refractivity contribution in [3.05, 3.63) is 18.5 Å². The van der Waals surface area contributed by atoms with Gasteiger partial charge < -0.3 is 15.4 Å². The maximum absolute atomic E-state index is 13.3. The van der Waals surface area contributed by atoms with Crippen molar-refractivity contribution in [2.24, 2.45) is 11.3 Å². The maximum atomic E-state index is 13.3. The van der Waals surface area contributed by atoms with Gasteiger partial charge in [0.05, 0.1) is 6.10 Å². The summed E-state index contributed by atoms with van der Waals surface area (Å²) in [6.45, 7) is 6.91. The number of aromatic nitrogens is 2. The zero-order valence-electron chi connectivity index (χ0n) is 14.3. The molecule has 2 N–H and O–H groups in total. The average Bonchev–Trinajstić information content (AvgIpc) is 3.23. The standard InChI is InChI=1S/C17H26N4O2.ClH/c1-16(2)13(12-4-11-23-14(12)16)20-15(22)17(5-8-18-9-6-17)21-10-3-7-19-21;/h3,7,10,12-14,18H,4-6,8-9,11H2,1-2H3,(H,20,22);1H. The van der Waals surface area contributed by atoms with Crippen LogP contribution in [-0.2, 0) is 15.1 Å². The molecule has 2 saturated heterocycles. The van der Waals surface area contributed by atoms with Crippen molar-refractivity contribution in [1.82, 2.24) is 20.4 Å². The fraction of sp³-hybridized carbons (Fsp3) is 0.765. The largest absolute Gasteiger partial charge is 0.377 e. The molecule has 1 saturated carbocycles. The fourth-order valence-electron chi connectivity index (χ4n) is 4.82. The lowest BCUT2D eigenvalue weighted by Gasteiger charge is -2.55. The monoisotopic (exact) mass is 354 g/mol. The SMILES string of the molecule is CC1(C)C(NC(=O)C2(n3cccn3)CCNCC2)C2CCOC21.Cl. The first-order valence-corrected chi connectivity index (χ1v) is 8.69. The molecule has 24 heavy (non-hydrogen) atoms. The van der Waals surface area contributed by atoms with Gasteiger partial charge >= 0.3 is 0 Å². The van der Waals surface area contributed by atoms with E-state index >= 15 is 0 Å². The molecule has 3 heterocycles. The molecule has 0 aromatic carbocycles. The van der Waals surface area contributed by atoms with Crippen LogP contribution in [0.3, 0.4) is 0 Å². The Bertz CT molecular complexity index is 583. The van der Waals surface area contributed by atoms with Crippen LogP contribution in [0.1, 0.15) is 33.1 Å². The number of carbonyl (C=O) groups is 1. The second kappa shape index (κ2) is 6.32. The Kier molecular flexibility index (Phi) is 4.66. The van der Waals surface area contributed by atoms with E-state index in [2.05, 4.69) is 29.6 Å². The number of piperidine rings is 1. The molecule has 6 nitrogen and oxygen atoms in total. The van der Waals surface area contributed by atoms with Crippen LogP contribution in [0.15, 0.2) is 18.5 Å². The van der Waals surface area contributed by atoms with Crippen LogP contribution in [-0.4, -0.2) is 47.5 Å². The third kappa shape index (κ3) is 2.47. The smallest absolute Gasteiger partial charge is 0.248 e. The van der Waals surface area contributed by atoms with Gasteiger partial charge in [-0.2, -0.15) is 5.10 Å². The number of nitrogens with zero attached hydrogens (tertiary/aromatic N) is 2. The number of hydrogen-bond acceptors (Lipinski definition) is 4. The molecule has 134 valence electrons. The van der Waals surface area contributed by atoms with Gasteiger partial charge in [0.15, 0.2) is 0 Å². The summed E-state index contributed by atoms with van der Waals surface area (Å²) < 4.78 is 7.70. The number of fused-ring (bicyclic) bond motifs is 1. The van der Waals surface area contributed by atoms with Crippen molar-refractivity contribution < 1.29 is 9.53 Å². The Balaban J connectivity index is 0.00000169. The Hall–Kier alpha value is -1.11. The van der Waals surface area contributed by atoms with E-state index in [4.69, 9.17) is 4.74 Å². The highest BCUT2D eigenvalue weighted by Crippen LogP contribution is 2.52. The number of rotatable bonds is 3. The number of nitrogens with one attached hydrogen (secondary N) is 2. The fourth-order valence-corrected chi connectivity index (χ4v) is 4.82. The Labute approximate surface area is 149 Å². The molecule has 1 amide bonds. The van der Waals surface area contributed by atoms with E-state index < -0.39 is 5.54 Å². The van der Waals surface area contributed by atoms with Crippen molar-refractivity contribution in [3.8, 4) is 0 Å². The molecule has 0 spiro atoms. The van der Waals surface area contributed by atoms with Crippen molar-refractivity contribution in [2.75, 3.05) is 19.7 Å². The molecule has 0 bridgehead atoms. The second-order valence-corrected chi connectivity index (χ2v) is 7.75. The molecule has 3 fully saturated rings. The van der Waals surface area contributed by atoms with E-state index in [1.165, 1.54) is 0 Å². The van der Waals surface area contributed by atoms with E-state index in [0.717, 1.165) is 39.0 Å². The number of halogens is 1. The summed E-state index contributed by atoms with van der Waals surface area (Å²) >= 11 is 0. The third-order valence-electron chi connectivity index (χ3n) is 6.18. The first-order valence-electron chi connectivity index (χ1n) is 8.69. The third-order valence-corrected chi connectivity index (χ3v) is 6.18. The highest BCUT2D eigenvalue weighted by molar-refractivity contribution is 5.85. The van der Waals surface area contributed by atoms with Crippen molar-refractivity contribution in [1.29, 1.82) is 0 Å². The molecular formula is C17H27ClN4O2. The highest BCUT2D eigenvalue weighted by atomic mass is 35.5.